The molecule has 130 valence electrons. The van der Waals surface area contributed by atoms with Gasteiger partial charge in [0, 0.05) is 35.4 Å². The molecule has 0 aliphatic heterocycles. The highest BCUT2D eigenvalue weighted by Crippen LogP contribution is 2.31. The summed E-state index contributed by atoms with van der Waals surface area (Å²) in [5.74, 6) is 0.482. The van der Waals surface area contributed by atoms with Crippen molar-refractivity contribution in [2.75, 3.05) is 0 Å². The van der Waals surface area contributed by atoms with Crippen LogP contribution >= 0.6 is 0 Å². The second-order valence-corrected chi connectivity index (χ2v) is 5.81. The van der Waals surface area contributed by atoms with Gasteiger partial charge in [0.15, 0.2) is 0 Å². The SMILES string of the molecule is C/C(N)=C(/C=N)c1cc(OC(C)c2ccccn2)c2c(C#N)cnn2c1. The quantitative estimate of drug-likeness (QED) is 0.689. The number of nitrogens with one attached hydrogen (secondary N) is 1. The van der Waals surface area contributed by atoms with Crippen molar-refractivity contribution in [1.29, 1.82) is 10.7 Å². The van der Waals surface area contributed by atoms with Crippen LogP contribution in [0.2, 0.25) is 0 Å². The fraction of sp³-hybridized carbons (Fsp3) is 0.158. The zero-order valence-corrected chi connectivity index (χ0v) is 14.5. The molecule has 0 aliphatic rings. The van der Waals surface area contributed by atoms with Gasteiger partial charge in [-0.1, -0.05) is 6.07 Å². The summed E-state index contributed by atoms with van der Waals surface area (Å²) in [6, 6.07) is 9.50. The van der Waals surface area contributed by atoms with E-state index in [9.17, 15) is 5.26 Å². The summed E-state index contributed by atoms with van der Waals surface area (Å²) in [6.07, 6.45) is 5.78. The minimum atomic E-state index is -0.330. The Morgan fingerprint density at radius 3 is 2.88 bits per heavy atom. The lowest BCUT2D eigenvalue weighted by Crippen LogP contribution is -2.07. The number of nitrogens with zero attached hydrogens (tertiary/aromatic N) is 4. The number of pyridine rings is 2. The molecule has 7 heteroatoms. The minimum absolute atomic E-state index is 0.330. The summed E-state index contributed by atoms with van der Waals surface area (Å²) >= 11 is 0. The van der Waals surface area contributed by atoms with Crippen molar-refractivity contribution < 1.29 is 4.74 Å². The fourth-order valence-corrected chi connectivity index (χ4v) is 2.70. The summed E-state index contributed by atoms with van der Waals surface area (Å²) in [6.45, 7) is 3.61. The normalized spacial score (nSPS) is 13.0. The van der Waals surface area contributed by atoms with Crippen LogP contribution in [0.1, 0.15) is 36.8 Å². The zero-order valence-electron chi connectivity index (χ0n) is 14.5. The van der Waals surface area contributed by atoms with Gasteiger partial charge in [-0.05, 0) is 32.0 Å². The van der Waals surface area contributed by atoms with Gasteiger partial charge in [-0.25, -0.2) is 4.52 Å². The van der Waals surface area contributed by atoms with Gasteiger partial charge >= 0.3 is 0 Å². The monoisotopic (exact) mass is 346 g/mol. The summed E-state index contributed by atoms with van der Waals surface area (Å²) in [5, 5.41) is 21.2. The van der Waals surface area contributed by atoms with Gasteiger partial charge in [0.25, 0.3) is 0 Å². The summed E-state index contributed by atoms with van der Waals surface area (Å²) in [5.41, 5.74) is 9.40. The lowest BCUT2D eigenvalue weighted by Gasteiger charge is -2.17. The fourth-order valence-electron chi connectivity index (χ4n) is 2.70. The minimum Gasteiger partial charge on any atom is -0.482 e. The number of rotatable bonds is 5. The van der Waals surface area contributed by atoms with Crippen LogP contribution in [0.3, 0.4) is 0 Å². The van der Waals surface area contributed by atoms with Crippen LogP contribution in [0, 0.1) is 16.7 Å². The smallest absolute Gasteiger partial charge is 0.148 e. The average Bonchev–Trinajstić information content (AvgIpc) is 3.06. The molecule has 0 aromatic carbocycles. The molecule has 0 radical (unpaired) electrons. The highest BCUT2D eigenvalue weighted by Gasteiger charge is 2.17. The maximum absolute atomic E-state index is 9.38. The molecule has 0 aliphatic carbocycles. The van der Waals surface area contributed by atoms with Gasteiger partial charge < -0.3 is 15.9 Å². The first-order valence-electron chi connectivity index (χ1n) is 8.01. The molecule has 0 fully saturated rings. The van der Waals surface area contributed by atoms with Crippen LogP contribution in [-0.4, -0.2) is 20.8 Å². The lowest BCUT2D eigenvalue weighted by molar-refractivity contribution is 0.224. The molecule has 0 amide bonds. The van der Waals surface area contributed by atoms with Crippen molar-refractivity contribution in [3.8, 4) is 11.8 Å². The van der Waals surface area contributed by atoms with Gasteiger partial charge in [-0.2, -0.15) is 10.4 Å². The molecule has 7 nitrogen and oxygen atoms in total. The van der Waals surface area contributed by atoms with Gasteiger partial charge in [0.2, 0.25) is 0 Å². The van der Waals surface area contributed by atoms with E-state index >= 15 is 0 Å². The van der Waals surface area contributed by atoms with Crippen molar-refractivity contribution in [1.82, 2.24) is 14.6 Å². The Labute approximate surface area is 150 Å². The molecule has 3 heterocycles. The number of aromatic nitrogens is 3. The number of nitrogens with two attached hydrogens (primary N) is 1. The maximum atomic E-state index is 9.38. The Morgan fingerprint density at radius 2 is 2.27 bits per heavy atom. The molecule has 0 spiro atoms. The van der Waals surface area contributed by atoms with Gasteiger partial charge in [-0.3, -0.25) is 4.98 Å². The Balaban J connectivity index is 2.15. The zero-order chi connectivity index (χ0) is 18.7. The van der Waals surface area contributed by atoms with Crippen molar-refractivity contribution in [2.45, 2.75) is 20.0 Å². The van der Waals surface area contributed by atoms with E-state index in [0.717, 1.165) is 5.69 Å². The van der Waals surface area contributed by atoms with E-state index in [1.165, 1.54) is 12.4 Å². The van der Waals surface area contributed by atoms with Crippen LogP contribution in [0.4, 0.5) is 0 Å². The predicted octanol–water partition coefficient (Wildman–Crippen LogP) is 3.08. The van der Waals surface area contributed by atoms with E-state index < -0.39 is 0 Å². The number of ether oxygens (including phenoxy) is 1. The van der Waals surface area contributed by atoms with Crippen molar-refractivity contribution in [3.63, 3.8) is 0 Å². The Kier molecular flexibility index (Phi) is 4.67. The van der Waals surface area contributed by atoms with E-state index in [-0.39, 0.29) is 6.10 Å². The molecular weight excluding hydrogens is 328 g/mol. The van der Waals surface area contributed by atoms with Crippen LogP contribution in [0.15, 0.2) is 48.6 Å². The first-order chi connectivity index (χ1) is 12.5. The van der Waals surface area contributed by atoms with E-state index in [1.807, 2.05) is 25.1 Å². The second kappa shape index (κ2) is 7.07. The first-order valence-corrected chi connectivity index (χ1v) is 8.01. The molecule has 26 heavy (non-hydrogen) atoms. The van der Waals surface area contributed by atoms with Crippen LogP contribution in [0.5, 0.6) is 5.75 Å². The molecule has 3 N–H and O–H groups in total. The van der Waals surface area contributed by atoms with Crippen LogP contribution in [-0.2, 0) is 0 Å². The second-order valence-electron chi connectivity index (χ2n) is 5.81. The number of hydrogen-bond acceptors (Lipinski definition) is 6. The number of allylic oxidation sites excluding steroid dienone is 2. The van der Waals surface area contributed by atoms with Crippen LogP contribution < -0.4 is 10.5 Å². The molecule has 3 rings (SSSR count). The largest absolute Gasteiger partial charge is 0.482 e. The summed E-state index contributed by atoms with van der Waals surface area (Å²) in [4.78, 5) is 4.31. The molecule has 0 bridgehead atoms. The topological polar surface area (TPSA) is 113 Å². The number of hydrogen-bond donors (Lipinski definition) is 2. The standard InChI is InChI=1S/C19H18N6O/c1-12(22)16(9-21)14-7-18(19-15(8-20)10-24-25(19)11-14)26-13(2)17-5-3-4-6-23-17/h3-7,9-11,13,21H,22H2,1-2H3/b16-12+,21-9?. The van der Waals surface area contributed by atoms with Crippen molar-refractivity contribution in [2.24, 2.45) is 5.73 Å². The summed E-state index contributed by atoms with van der Waals surface area (Å²) in [7, 11) is 0. The molecular formula is C19H18N6O. The number of nitriles is 1. The van der Waals surface area contributed by atoms with E-state index in [0.29, 0.717) is 33.7 Å². The van der Waals surface area contributed by atoms with Crippen molar-refractivity contribution in [3.05, 3.63) is 65.4 Å². The van der Waals surface area contributed by atoms with Crippen molar-refractivity contribution >= 4 is 17.3 Å². The van der Waals surface area contributed by atoms with E-state index in [2.05, 4.69) is 16.2 Å². The van der Waals surface area contributed by atoms with Gasteiger partial charge in [0.05, 0.1) is 11.9 Å². The number of fused-ring (bicyclic) bond motifs is 1. The van der Waals surface area contributed by atoms with Crippen LogP contribution in [0.25, 0.3) is 11.1 Å². The molecule has 0 saturated heterocycles. The molecule has 3 aromatic rings. The Bertz CT molecular complexity index is 1030. The first kappa shape index (κ1) is 17.2. The Hall–Kier alpha value is -3.66. The van der Waals surface area contributed by atoms with E-state index in [4.69, 9.17) is 15.9 Å². The molecule has 1 atom stereocenters. The average molecular weight is 346 g/mol. The Morgan fingerprint density at radius 1 is 1.46 bits per heavy atom. The summed E-state index contributed by atoms with van der Waals surface area (Å²) < 4.78 is 7.69. The highest BCUT2D eigenvalue weighted by molar-refractivity contribution is 6.09. The maximum Gasteiger partial charge on any atom is 0.148 e. The third kappa shape index (κ3) is 3.13. The van der Waals surface area contributed by atoms with E-state index in [1.54, 1.807) is 29.9 Å². The third-order valence-electron chi connectivity index (χ3n) is 3.99. The molecule has 1 unspecified atom stereocenters. The van der Waals surface area contributed by atoms with Gasteiger partial charge in [-0.15, -0.1) is 0 Å². The lowest BCUT2D eigenvalue weighted by atomic mass is 10.1. The molecule has 3 aromatic heterocycles. The predicted molar refractivity (Wildman–Crippen MR) is 98.8 cm³/mol. The van der Waals surface area contributed by atoms with Gasteiger partial charge in [0.1, 0.15) is 29.0 Å². The highest BCUT2D eigenvalue weighted by atomic mass is 16.5. The molecule has 0 saturated carbocycles. The third-order valence-corrected chi connectivity index (χ3v) is 3.99.